The van der Waals surface area contributed by atoms with E-state index in [-0.39, 0.29) is 11.9 Å². The number of carbonyl (C=O) groups is 1. The molecule has 4 heteroatoms. The first-order valence-electron chi connectivity index (χ1n) is 5.76. The summed E-state index contributed by atoms with van der Waals surface area (Å²) in [4.78, 5) is 11.9. The van der Waals surface area contributed by atoms with Crippen LogP contribution < -0.4 is 10.1 Å². The second-order valence-corrected chi connectivity index (χ2v) is 4.25. The van der Waals surface area contributed by atoms with Crippen molar-refractivity contribution in [2.24, 2.45) is 0 Å². The third-order valence-corrected chi connectivity index (χ3v) is 2.75. The zero-order chi connectivity index (χ0) is 12.3. The molecule has 1 N–H and O–H groups in total. The summed E-state index contributed by atoms with van der Waals surface area (Å²) in [6.45, 7) is 3.14. The molecule has 0 unspecified atom stereocenters. The fourth-order valence-electron chi connectivity index (χ4n) is 1.93. The molecule has 0 bridgehead atoms. The molecule has 1 aromatic carbocycles. The zero-order valence-corrected chi connectivity index (χ0v) is 10.2. The Morgan fingerprint density at radius 1 is 1.59 bits per heavy atom. The van der Waals surface area contributed by atoms with Crippen molar-refractivity contribution in [1.29, 1.82) is 0 Å². The van der Waals surface area contributed by atoms with Crippen molar-refractivity contribution in [1.82, 2.24) is 5.32 Å². The van der Waals surface area contributed by atoms with Crippen LogP contribution in [-0.4, -0.2) is 32.3 Å². The van der Waals surface area contributed by atoms with Crippen LogP contribution in [-0.2, 0) is 11.2 Å². The largest absolute Gasteiger partial charge is 0.493 e. The number of rotatable bonds is 4. The maximum absolute atomic E-state index is 11.9. The molecule has 1 atom stereocenters. The van der Waals surface area contributed by atoms with Gasteiger partial charge < -0.3 is 14.8 Å². The summed E-state index contributed by atoms with van der Waals surface area (Å²) in [6.07, 6.45) is 0.879. The highest BCUT2D eigenvalue weighted by Crippen LogP contribution is 2.25. The predicted octanol–water partition coefficient (Wildman–Crippen LogP) is 1.39. The maximum Gasteiger partial charge on any atom is 0.251 e. The van der Waals surface area contributed by atoms with Gasteiger partial charge in [-0.05, 0) is 30.7 Å². The lowest BCUT2D eigenvalue weighted by Gasteiger charge is -2.13. The van der Waals surface area contributed by atoms with Crippen LogP contribution in [0.5, 0.6) is 5.75 Å². The van der Waals surface area contributed by atoms with Gasteiger partial charge in [-0.2, -0.15) is 0 Å². The van der Waals surface area contributed by atoms with Gasteiger partial charge in [-0.3, -0.25) is 4.79 Å². The summed E-state index contributed by atoms with van der Waals surface area (Å²) < 4.78 is 10.4. The Kier molecular flexibility index (Phi) is 3.64. The van der Waals surface area contributed by atoms with E-state index >= 15 is 0 Å². The van der Waals surface area contributed by atoms with Crippen molar-refractivity contribution < 1.29 is 14.3 Å². The topological polar surface area (TPSA) is 47.6 Å². The molecule has 1 aromatic rings. The molecule has 0 saturated carbocycles. The molecular formula is C13H17NO3. The molecule has 0 spiro atoms. The molecule has 0 radical (unpaired) electrons. The lowest BCUT2D eigenvalue weighted by atomic mass is 10.1. The maximum atomic E-state index is 11.9. The zero-order valence-electron chi connectivity index (χ0n) is 10.2. The molecule has 2 rings (SSSR count). The Balaban J connectivity index is 2.04. The normalized spacial score (nSPS) is 14.9. The summed E-state index contributed by atoms with van der Waals surface area (Å²) in [5.74, 6) is 0.829. The average Bonchev–Trinajstić information content (AvgIpc) is 2.75. The Morgan fingerprint density at radius 2 is 2.41 bits per heavy atom. The fourth-order valence-corrected chi connectivity index (χ4v) is 1.93. The van der Waals surface area contributed by atoms with Gasteiger partial charge in [-0.25, -0.2) is 0 Å². The SMILES string of the molecule is COC[C@H](C)NC(=O)c1ccc2c(c1)CCO2. The van der Waals surface area contributed by atoms with Crippen molar-refractivity contribution in [2.75, 3.05) is 20.3 Å². The number of nitrogens with one attached hydrogen (secondary N) is 1. The van der Waals surface area contributed by atoms with Crippen LogP contribution in [0.1, 0.15) is 22.8 Å². The third kappa shape index (κ3) is 2.77. The van der Waals surface area contributed by atoms with Gasteiger partial charge in [0.15, 0.2) is 0 Å². The first kappa shape index (κ1) is 11.9. The van der Waals surface area contributed by atoms with Crippen molar-refractivity contribution >= 4 is 5.91 Å². The van der Waals surface area contributed by atoms with Gasteiger partial charge >= 0.3 is 0 Å². The second-order valence-electron chi connectivity index (χ2n) is 4.25. The third-order valence-electron chi connectivity index (χ3n) is 2.75. The average molecular weight is 235 g/mol. The van der Waals surface area contributed by atoms with Crippen LogP contribution in [0.2, 0.25) is 0 Å². The van der Waals surface area contributed by atoms with Crippen LogP contribution in [0.15, 0.2) is 18.2 Å². The minimum atomic E-state index is -0.0655. The summed E-state index contributed by atoms with van der Waals surface area (Å²) in [5, 5.41) is 2.88. The summed E-state index contributed by atoms with van der Waals surface area (Å²) in [7, 11) is 1.62. The molecule has 1 aliphatic heterocycles. The monoisotopic (exact) mass is 235 g/mol. The summed E-state index contributed by atoms with van der Waals surface area (Å²) in [5.41, 5.74) is 1.79. The Bertz CT molecular complexity index is 417. The van der Waals surface area contributed by atoms with E-state index in [4.69, 9.17) is 9.47 Å². The molecule has 4 nitrogen and oxygen atoms in total. The molecule has 0 saturated heterocycles. The molecule has 0 fully saturated rings. The number of hydrogen-bond donors (Lipinski definition) is 1. The van der Waals surface area contributed by atoms with Crippen molar-refractivity contribution in [3.8, 4) is 5.75 Å². The molecule has 0 aromatic heterocycles. The number of hydrogen-bond acceptors (Lipinski definition) is 3. The first-order chi connectivity index (χ1) is 8.20. The highest BCUT2D eigenvalue weighted by atomic mass is 16.5. The number of carbonyl (C=O) groups excluding carboxylic acids is 1. The summed E-state index contributed by atoms with van der Waals surface area (Å²) >= 11 is 0. The highest BCUT2D eigenvalue weighted by molar-refractivity contribution is 5.94. The van der Waals surface area contributed by atoms with Gasteiger partial charge in [-0.15, -0.1) is 0 Å². The van der Waals surface area contributed by atoms with E-state index in [0.717, 1.165) is 17.7 Å². The molecule has 17 heavy (non-hydrogen) atoms. The van der Waals surface area contributed by atoms with Crippen molar-refractivity contribution in [3.05, 3.63) is 29.3 Å². The first-order valence-corrected chi connectivity index (χ1v) is 5.76. The standard InChI is InChI=1S/C13H17NO3/c1-9(8-16-2)14-13(15)11-3-4-12-10(7-11)5-6-17-12/h3-4,7,9H,5-6,8H2,1-2H3,(H,14,15)/t9-/m0/s1. The molecule has 1 amide bonds. The Labute approximate surface area is 101 Å². The number of benzene rings is 1. The van der Waals surface area contributed by atoms with E-state index in [9.17, 15) is 4.79 Å². The fraction of sp³-hybridized carbons (Fsp3) is 0.462. The number of fused-ring (bicyclic) bond motifs is 1. The van der Waals surface area contributed by atoms with Crippen LogP contribution in [0.3, 0.4) is 0 Å². The molecular weight excluding hydrogens is 218 g/mol. The van der Waals surface area contributed by atoms with E-state index in [2.05, 4.69) is 5.32 Å². The van der Waals surface area contributed by atoms with Crippen molar-refractivity contribution in [3.63, 3.8) is 0 Å². The Morgan fingerprint density at radius 3 is 3.18 bits per heavy atom. The lowest BCUT2D eigenvalue weighted by molar-refractivity contribution is 0.0905. The minimum absolute atomic E-state index is 0.0111. The van der Waals surface area contributed by atoms with E-state index in [0.29, 0.717) is 18.8 Å². The van der Waals surface area contributed by atoms with E-state index < -0.39 is 0 Å². The minimum Gasteiger partial charge on any atom is -0.493 e. The van der Waals surface area contributed by atoms with Gasteiger partial charge in [0, 0.05) is 25.1 Å². The summed E-state index contributed by atoms with van der Waals surface area (Å²) in [6, 6.07) is 5.56. The van der Waals surface area contributed by atoms with Gasteiger partial charge in [0.05, 0.1) is 13.2 Å². The van der Waals surface area contributed by atoms with Gasteiger partial charge in [0.1, 0.15) is 5.75 Å². The predicted molar refractivity (Wildman–Crippen MR) is 64.4 cm³/mol. The van der Waals surface area contributed by atoms with Crippen LogP contribution in [0.4, 0.5) is 0 Å². The van der Waals surface area contributed by atoms with Crippen LogP contribution in [0.25, 0.3) is 0 Å². The van der Waals surface area contributed by atoms with Crippen LogP contribution >= 0.6 is 0 Å². The second kappa shape index (κ2) is 5.19. The van der Waals surface area contributed by atoms with E-state index in [1.165, 1.54) is 0 Å². The van der Waals surface area contributed by atoms with Gasteiger partial charge in [0.2, 0.25) is 0 Å². The smallest absolute Gasteiger partial charge is 0.251 e. The van der Waals surface area contributed by atoms with E-state index in [1.54, 1.807) is 13.2 Å². The molecule has 1 aliphatic rings. The number of amides is 1. The van der Waals surface area contributed by atoms with Gasteiger partial charge in [0.25, 0.3) is 5.91 Å². The van der Waals surface area contributed by atoms with Crippen LogP contribution in [0, 0.1) is 0 Å². The highest BCUT2D eigenvalue weighted by Gasteiger charge is 2.15. The lowest BCUT2D eigenvalue weighted by Crippen LogP contribution is -2.35. The number of ether oxygens (including phenoxy) is 2. The number of methoxy groups -OCH3 is 1. The Hall–Kier alpha value is -1.55. The molecule has 1 heterocycles. The van der Waals surface area contributed by atoms with E-state index in [1.807, 2.05) is 19.1 Å². The molecule has 92 valence electrons. The van der Waals surface area contributed by atoms with Crippen molar-refractivity contribution in [2.45, 2.75) is 19.4 Å². The van der Waals surface area contributed by atoms with Gasteiger partial charge in [-0.1, -0.05) is 0 Å². The molecule has 0 aliphatic carbocycles. The quantitative estimate of drug-likeness (QED) is 0.857.